The van der Waals surface area contributed by atoms with E-state index in [0.717, 1.165) is 42.0 Å². The van der Waals surface area contributed by atoms with Crippen LogP contribution in [0.3, 0.4) is 0 Å². The van der Waals surface area contributed by atoms with Crippen molar-refractivity contribution in [1.29, 1.82) is 0 Å². The Labute approximate surface area is 204 Å². The van der Waals surface area contributed by atoms with Crippen LogP contribution in [0.25, 0.3) is 10.9 Å². The second-order valence-corrected chi connectivity index (χ2v) is 13.4. The number of fused-ring (bicyclic) bond motifs is 6. The summed E-state index contributed by atoms with van der Waals surface area (Å²) in [6, 6.07) is 6.37. The summed E-state index contributed by atoms with van der Waals surface area (Å²) >= 11 is 0. The van der Waals surface area contributed by atoms with Crippen molar-refractivity contribution in [2.45, 2.75) is 97.6 Å². The lowest BCUT2D eigenvalue weighted by Gasteiger charge is -2.61. The molecule has 6 rings (SSSR count). The van der Waals surface area contributed by atoms with Crippen molar-refractivity contribution in [1.82, 2.24) is 9.78 Å². The van der Waals surface area contributed by atoms with E-state index in [9.17, 15) is 9.90 Å². The first kappa shape index (κ1) is 22.8. The van der Waals surface area contributed by atoms with E-state index in [1.165, 1.54) is 44.1 Å². The van der Waals surface area contributed by atoms with Gasteiger partial charge in [0.1, 0.15) is 6.54 Å². The second-order valence-electron chi connectivity index (χ2n) is 13.4. The van der Waals surface area contributed by atoms with E-state index in [2.05, 4.69) is 44.1 Å². The number of carbonyl (C=O) groups excluding carboxylic acids is 1. The molecule has 184 valence electrons. The molecule has 2 aromatic rings. The van der Waals surface area contributed by atoms with Gasteiger partial charge < -0.3 is 5.11 Å². The third kappa shape index (κ3) is 3.34. The Balaban J connectivity index is 1.21. The summed E-state index contributed by atoms with van der Waals surface area (Å²) in [5, 5.41) is 16.5. The highest BCUT2D eigenvalue weighted by Gasteiger charge is 2.61. The lowest BCUT2D eigenvalue weighted by Crippen LogP contribution is -2.55. The monoisotopic (exact) mass is 462 g/mol. The van der Waals surface area contributed by atoms with Crippen LogP contribution in [0.15, 0.2) is 24.4 Å². The number of ketones is 1. The number of benzene rings is 1. The van der Waals surface area contributed by atoms with Crippen molar-refractivity contribution < 1.29 is 9.90 Å². The molecule has 0 amide bonds. The van der Waals surface area contributed by atoms with E-state index < -0.39 is 5.60 Å². The molecule has 8 atom stereocenters. The van der Waals surface area contributed by atoms with Gasteiger partial charge in [-0.05, 0) is 118 Å². The molecule has 0 bridgehead atoms. The minimum absolute atomic E-state index is 0.140. The molecule has 0 saturated heterocycles. The lowest BCUT2D eigenvalue weighted by molar-refractivity contribution is -0.151. The Kier molecular flexibility index (Phi) is 5.13. The molecule has 0 spiro atoms. The maximum Gasteiger partial charge on any atom is 0.157 e. The van der Waals surface area contributed by atoms with Crippen molar-refractivity contribution in [3.05, 3.63) is 30.0 Å². The van der Waals surface area contributed by atoms with E-state index in [4.69, 9.17) is 0 Å². The number of nitrogens with zero attached hydrogens (tertiary/aromatic N) is 2. The van der Waals surface area contributed by atoms with Crippen molar-refractivity contribution in [3.8, 4) is 0 Å². The van der Waals surface area contributed by atoms with Crippen molar-refractivity contribution in [2.24, 2.45) is 40.4 Å². The quantitative estimate of drug-likeness (QED) is 0.580. The van der Waals surface area contributed by atoms with Gasteiger partial charge in [-0.1, -0.05) is 25.5 Å². The molecule has 4 saturated carbocycles. The Morgan fingerprint density at radius 1 is 1.03 bits per heavy atom. The number of hydrogen-bond acceptors (Lipinski definition) is 3. The van der Waals surface area contributed by atoms with Gasteiger partial charge in [0.15, 0.2) is 5.78 Å². The molecule has 1 aromatic heterocycles. The van der Waals surface area contributed by atoms with E-state index in [1.54, 1.807) is 0 Å². The van der Waals surface area contributed by atoms with Gasteiger partial charge in [0.2, 0.25) is 0 Å². The minimum atomic E-state index is -0.472. The van der Waals surface area contributed by atoms with Gasteiger partial charge in [-0.2, -0.15) is 5.10 Å². The number of Topliss-reactive ketones (excluding diaryl/α,β-unsaturated/α-hetero) is 1. The maximum absolute atomic E-state index is 13.7. The number of aliphatic hydroxyl groups is 1. The summed E-state index contributed by atoms with van der Waals surface area (Å²) in [4.78, 5) is 13.7. The Bertz CT molecular complexity index is 1120. The first-order chi connectivity index (χ1) is 16.1. The normalized spacial score (nSPS) is 43.9. The number of aryl methyl sites for hydroxylation is 1. The molecule has 4 fully saturated rings. The van der Waals surface area contributed by atoms with Crippen LogP contribution in [0, 0.1) is 47.3 Å². The second kappa shape index (κ2) is 7.66. The third-order valence-corrected chi connectivity index (χ3v) is 11.4. The van der Waals surface area contributed by atoms with Gasteiger partial charge in [0.05, 0.1) is 17.3 Å². The van der Waals surface area contributed by atoms with Crippen LogP contribution in [0.5, 0.6) is 0 Å². The summed E-state index contributed by atoms with van der Waals surface area (Å²) in [7, 11) is 0. The van der Waals surface area contributed by atoms with Crippen LogP contribution >= 0.6 is 0 Å². The van der Waals surface area contributed by atoms with E-state index >= 15 is 0 Å². The molecule has 0 radical (unpaired) electrons. The fourth-order valence-electron chi connectivity index (χ4n) is 9.55. The maximum atomic E-state index is 13.7. The largest absolute Gasteiger partial charge is 0.390 e. The van der Waals surface area contributed by atoms with Gasteiger partial charge in [-0.3, -0.25) is 9.48 Å². The fraction of sp³-hybridized carbons (Fsp3) is 0.733. The Hall–Kier alpha value is -1.68. The van der Waals surface area contributed by atoms with E-state index in [1.807, 2.05) is 17.8 Å². The molecule has 4 aliphatic carbocycles. The molecule has 4 nitrogen and oxygen atoms in total. The summed E-state index contributed by atoms with van der Waals surface area (Å²) in [5.74, 6) is 3.43. The predicted molar refractivity (Wildman–Crippen MR) is 135 cm³/mol. The molecule has 0 unspecified atom stereocenters. The van der Waals surface area contributed by atoms with Crippen molar-refractivity contribution in [3.63, 3.8) is 0 Å². The number of aromatic nitrogens is 2. The SMILES string of the molecule is Cc1ccc2c(cnn2CC(=O)[C@H]2CC[C@H]3[C@@H]4CC[C@@H]5C[C@](C)(O)CC[C@]5(C)[C@H]4CC[C@]23C)c1. The summed E-state index contributed by atoms with van der Waals surface area (Å²) in [6.07, 6.45) is 12.3. The van der Waals surface area contributed by atoms with Crippen LogP contribution in [0.4, 0.5) is 0 Å². The van der Waals surface area contributed by atoms with Gasteiger partial charge in [-0.25, -0.2) is 0 Å². The summed E-state index contributed by atoms with van der Waals surface area (Å²) < 4.78 is 1.93. The zero-order chi connectivity index (χ0) is 23.9. The first-order valence-corrected chi connectivity index (χ1v) is 13.8. The average molecular weight is 463 g/mol. The third-order valence-electron chi connectivity index (χ3n) is 11.4. The molecule has 4 aliphatic rings. The van der Waals surface area contributed by atoms with Crippen LogP contribution in [0.1, 0.15) is 84.1 Å². The fourth-order valence-corrected chi connectivity index (χ4v) is 9.55. The van der Waals surface area contributed by atoms with Gasteiger partial charge in [0, 0.05) is 11.3 Å². The average Bonchev–Trinajstić information content (AvgIpc) is 3.34. The van der Waals surface area contributed by atoms with Crippen molar-refractivity contribution in [2.75, 3.05) is 0 Å². The molecule has 34 heavy (non-hydrogen) atoms. The highest BCUT2D eigenvalue weighted by Crippen LogP contribution is 2.68. The smallest absolute Gasteiger partial charge is 0.157 e. The van der Waals surface area contributed by atoms with Gasteiger partial charge >= 0.3 is 0 Å². The molecule has 4 heteroatoms. The number of hydrogen-bond donors (Lipinski definition) is 1. The van der Waals surface area contributed by atoms with E-state index in [-0.39, 0.29) is 11.3 Å². The van der Waals surface area contributed by atoms with Crippen LogP contribution in [-0.4, -0.2) is 26.3 Å². The highest BCUT2D eigenvalue weighted by atomic mass is 16.3. The number of carbonyl (C=O) groups is 1. The molecule has 1 heterocycles. The van der Waals surface area contributed by atoms with Crippen LogP contribution in [0.2, 0.25) is 0 Å². The standard InChI is InChI=1S/C30H42N2O2/c1-19-5-10-26-20(15-19)17-31-32(26)18-27(33)25-9-8-23-22-7-6-21-16-28(2,34)13-14-29(21,3)24(22)11-12-30(23,25)4/h5,10,15,17,21-25,34H,6-9,11-14,16,18H2,1-4H3/t21-,22+,23+,24+,25-,28-,29+,30+/m1/s1. The highest BCUT2D eigenvalue weighted by molar-refractivity contribution is 5.85. The Morgan fingerprint density at radius 3 is 2.65 bits per heavy atom. The molecular formula is C30H42N2O2. The first-order valence-electron chi connectivity index (χ1n) is 13.8. The minimum Gasteiger partial charge on any atom is -0.390 e. The molecule has 1 aromatic carbocycles. The molecule has 0 aliphatic heterocycles. The predicted octanol–water partition coefficient (Wildman–Crippen LogP) is 6.32. The lowest BCUT2D eigenvalue weighted by atomic mass is 9.44. The molecule has 1 N–H and O–H groups in total. The molecular weight excluding hydrogens is 420 g/mol. The van der Waals surface area contributed by atoms with Gasteiger partial charge in [-0.15, -0.1) is 0 Å². The Morgan fingerprint density at radius 2 is 1.82 bits per heavy atom. The zero-order valence-corrected chi connectivity index (χ0v) is 21.5. The van der Waals surface area contributed by atoms with Crippen molar-refractivity contribution >= 4 is 16.7 Å². The van der Waals surface area contributed by atoms with E-state index in [0.29, 0.717) is 29.6 Å². The van der Waals surface area contributed by atoms with Crippen LogP contribution < -0.4 is 0 Å². The topological polar surface area (TPSA) is 55.1 Å². The number of rotatable bonds is 3. The zero-order valence-electron chi connectivity index (χ0n) is 21.5. The van der Waals surface area contributed by atoms with Crippen LogP contribution in [-0.2, 0) is 11.3 Å². The summed E-state index contributed by atoms with van der Waals surface area (Å²) in [5.41, 5.74) is 2.34. The summed E-state index contributed by atoms with van der Waals surface area (Å²) in [6.45, 7) is 9.56. The van der Waals surface area contributed by atoms with Gasteiger partial charge in [0.25, 0.3) is 0 Å².